The van der Waals surface area contributed by atoms with E-state index in [2.05, 4.69) is 0 Å². The van der Waals surface area contributed by atoms with E-state index in [4.69, 9.17) is 10.7 Å². The van der Waals surface area contributed by atoms with E-state index in [1.165, 1.54) is 0 Å². The second-order valence-electron chi connectivity index (χ2n) is 3.75. The maximum Gasteiger partial charge on any atom is 0.417 e. The van der Waals surface area contributed by atoms with Gasteiger partial charge in [-0.15, -0.1) is 0 Å². The summed E-state index contributed by atoms with van der Waals surface area (Å²) in [6.07, 6.45) is -11.2. The van der Waals surface area contributed by atoms with Gasteiger partial charge >= 0.3 is 12.4 Å². The molecule has 0 aliphatic rings. The van der Waals surface area contributed by atoms with Crippen molar-refractivity contribution in [3.8, 4) is 0 Å². The Labute approximate surface area is 114 Å². The molecule has 0 N–H and O–H groups in total. The quantitative estimate of drug-likeness (QED) is 0.597. The van der Waals surface area contributed by atoms with E-state index in [1.807, 2.05) is 0 Å². The highest BCUT2D eigenvalue weighted by Crippen LogP contribution is 2.44. The van der Waals surface area contributed by atoms with Crippen LogP contribution in [0.4, 0.5) is 26.3 Å². The third-order valence-corrected chi connectivity index (χ3v) is 3.88. The highest BCUT2D eigenvalue weighted by atomic mass is 35.7. The second-order valence-corrected chi connectivity index (χ2v) is 6.29. The van der Waals surface area contributed by atoms with Crippen molar-refractivity contribution >= 4 is 19.7 Å². The summed E-state index contributed by atoms with van der Waals surface area (Å²) in [4.78, 5) is -0.970. The number of hydrogen-bond acceptors (Lipinski definition) is 2. The minimum absolute atomic E-state index is 0.0667. The van der Waals surface area contributed by atoms with Crippen LogP contribution in [0, 0.1) is 0 Å². The van der Waals surface area contributed by atoms with Crippen molar-refractivity contribution < 1.29 is 34.8 Å². The van der Waals surface area contributed by atoms with Crippen LogP contribution in [0.2, 0.25) is 0 Å². The summed E-state index contributed by atoms with van der Waals surface area (Å²) in [7, 11) is 0.369. The predicted octanol–water partition coefficient (Wildman–Crippen LogP) is 4.21. The largest absolute Gasteiger partial charge is 0.417 e. The fourth-order valence-electron chi connectivity index (χ4n) is 1.77. The lowest BCUT2D eigenvalue weighted by Crippen LogP contribution is -2.20. The van der Waals surface area contributed by atoms with E-state index in [9.17, 15) is 34.8 Å². The molecular formula is C10H7ClF6O2S. The van der Waals surface area contributed by atoms with Crippen molar-refractivity contribution in [3.05, 3.63) is 28.8 Å². The van der Waals surface area contributed by atoms with Crippen molar-refractivity contribution in [2.45, 2.75) is 30.6 Å². The van der Waals surface area contributed by atoms with Crippen molar-refractivity contribution in [3.63, 3.8) is 0 Å². The molecule has 0 aliphatic carbocycles. The van der Waals surface area contributed by atoms with Crippen LogP contribution in [0.15, 0.2) is 17.0 Å². The minimum atomic E-state index is -5.35. The Morgan fingerprint density at radius 3 is 1.85 bits per heavy atom. The molecule has 1 aromatic rings. The van der Waals surface area contributed by atoms with Gasteiger partial charge in [0, 0.05) is 10.7 Å². The summed E-state index contributed by atoms with van der Waals surface area (Å²) >= 11 is 0. The zero-order valence-corrected chi connectivity index (χ0v) is 11.3. The maximum atomic E-state index is 12.9. The number of benzene rings is 1. The molecule has 0 amide bonds. The summed E-state index contributed by atoms with van der Waals surface area (Å²) in [5, 5.41) is 0. The van der Waals surface area contributed by atoms with Crippen LogP contribution in [0.3, 0.4) is 0 Å². The van der Waals surface area contributed by atoms with Crippen molar-refractivity contribution in [2.24, 2.45) is 0 Å². The molecule has 0 saturated carbocycles. The first kappa shape index (κ1) is 17.1. The molecule has 0 heterocycles. The Balaban J connectivity index is 3.89. The Morgan fingerprint density at radius 1 is 1.05 bits per heavy atom. The highest BCUT2D eigenvalue weighted by molar-refractivity contribution is 8.13. The monoisotopic (exact) mass is 340 g/mol. The van der Waals surface area contributed by atoms with E-state index in [0.29, 0.717) is 6.07 Å². The van der Waals surface area contributed by atoms with E-state index in [0.717, 1.165) is 6.92 Å². The first-order chi connectivity index (χ1) is 8.80. The fourth-order valence-corrected chi connectivity index (χ4v) is 2.97. The number of hydrogen-bond donors (Lipinski definition) is 0. The lowest BCUT2D eigenvalue weighted by Gasteiger charge is -2.20. The number of halogens is 7. The van der Waals surface area contributed by atoms with Gasteiger partial charge in [0.2, 0.25) is 0 Å². The summed E-state index contributed by atoms with van der Waals surface area (Å²) in [6.45, 7) is 1.11. The van der Waals surface area contributed by atoms with Crippen LogP contribution >= 0.6 is 10.7 Å². The topological polar surface area (TPSA) is 34.1 Å². The third kappa shape index (κ3) is 3.38. The van der Waals surface area contributed by atoms with Crippen LogP contribution in [0.25, 0.3) is 0 Å². The van der Waals surface area contributed by atoms with Crippen LogP contribution in [0.5, 0.6) is 0 Å². The summed E-state index contributed by atoms with van der Waals surface area (Å²) in [6, 6.07) is 0.497. The summed E-state index contributed by atoms with van der Waals surface area (Å²) in [5.41, 5.74) is -4.96. The van der Waals surface area contributed by atoms with Gasteiger partial charge in [0.05, 0.1) is 16.0 Å². The van der Waals surface area contributed by atoms with Gasteiger partial charge in [0.15, 0.2) is 0 Å². The SMILES string of the molecule is CCc1c(S(=O)(=O)Cl)ccc(C(F)(F)F)c1C(F)(F)F. The molecule has 10 heteroatoms. The molecule has 0 saturated heterocycles. The standard InChI is InChI=1S/C10H7ClF6O2S/c1-2-5-7(20(11,18)19)4-3-6(9(12,13)14)8(5)10(15,16)17/h3-4H,2H2,1H3. The summed E-state index contributed by atoms with van der Waals surface area (Å²) < 4.78 is 98.8. The van der Waals surface area contributed by atoms with E-state index in [-0.39, 0.29) is 6.07 Å². The lowest BCUT2D eigenvalue weighted by atomic mass is 9.98. The van der Waals surface area contributed by atoms with Crippen LogP contribution in [-0.4, -0.2) is 8.42 Å². The zero-order valence-electron chi connectivity index (χ0n) is 9.73. The normalized spacial score (nSPS) is 13.6. The molecule has 1 aromatic carbocycles. The number of rotatable bonds is 2. The van der Waals surface area contributed by atoms with Gasteiger partial charge in [-0.05, 0) is 24.1 Å². The molecule has 0 radical (unpaired) electrons. The Kier molecular flexibility index (Phi) is 4.36. The van der Waals surface area contributed by atoms with Gasteiger partial charge in [-0.25, -0.2) is 8.42 Å². The van der Waals surface area contributed by atoms with Gasteiger partial charge in [-0.1, -0.05) is 6.92 Å². The smallest absolute Gasteiger partial charge is 0.207 e. The molecule has 20 heavy (non-hydrogen) atoms. The maximum absolute atomic E-state index is 12.9. The molecule has 0 spiro atoms. The molecule has 1 rings (SSSR count). The van der Waals surface area contributed by atoms with Crippen LogP contribution < -0.4 is 0 Å². The fraction of sp³-hybridized carbons (Fsp3) is 0.400. The van der Waals surface area contributed by atoms with E-state index in [1.54, 1.807) is 0 Å². The zero-order chi connectivity index (χ0) is 15.9. The van der Waals surface area contributed by atoms with E-state index >= 15 is 0 Å². The average Bonchev–Trinajstić information content (AvgIpc) is 2.23. The molecule has 0 fully saturated rings. The minimum Gasteiger partial charge on any atom is -0.207 e. The predicted molar refractivity (Wildman–Crippen MR) is 58.9 cm³/mol. The summed E-state index contributed by atoms with van der Waals surface area (Å²) in [5.74, 6) is 0. The highest BCUT2D eigenvalue weighted by Gasteiger charge is 2.45. The van der Waals surface area contributed by atoms with E-state index < -0.39 is 49.4 Å². The molecule has 2 nitrogen and oxygen atoms in total. The number of alkyl halides is 6. The van der Waals surface area contributed by atoms with Gasteiger partial charge in [0.1, 0.15) is 0 Å². The lowest BCUT2D eigenvalue weighted by molar-refractivity contribution is -0.162. The van der Waals surface area contributed by atoms with Gasteiger partial charge < -0.3 is 0 Å². The molecule has 0 atom stereocenters. The molecule has 0 unspecified atom stereocenters. The van der Waals surface area contributed by atoms with Gasteiger partial charge in [0.25, 0.3) is 9.05 Å². The molecule has 0 aliphatic heterocycles. The third-order valence-electron chi connectivity index (χ3n) is 2.48. The van der Waals surface area contributed by atoms with Crippen molar-refractivity contribution in [1.29, 1.82) is 0 Å². The van der Waals surface area contributed by atoms with Gasteiger partial charge in [-0.2, -0.15) is 26.3 Å². The van der Waals surface area contributed by atoms with Crippen LogP contribution in [-0.2, 0) is 27.8 Å². The van der Waals surface area contributed by atoms with Crippen molar-refractivity contribution in [1.82, 2.24) is 0 Å². The second kappa shape index (κ2) is 5.10. The first-order valence-corrected chi connectivity index (χ1v) is 7.36. The molecular weight excluding hydrogens is 334 g/mol. The Morgan fingerprint density at radius 2 is 1.55 bits per heavy atom. The molecule has 0 bridgehead atoms. The van der Waals surface area contributed by atoms with Gasteiger partial charge in [-0.3, -0.25) is 0 Å². The van der Waals surface area contributed by atoms with Crippen molar-refractivity contribution in [2.75, 3.05) is 0 Å². The average molecular weight is 341 g/mol. The first-order valence-electron chi connectivity index (χ1n) is 5.05. The Hall–Kier alpha value is -0.960. The molecule has 0 aromatic heterocycles. The molecule has 114 valence electrons. The Bertz CT molecular complexity index is 618. The van der Waals surface area contributed by atoms with Crippen LogP contribution in [0.1, 0.15) is 23.6 Å².